The van der Waals surface area contributed by atoms with Gasteiger partial charge in [-0.15, -0.1) is 0 Å². The molecule has 0 saturated carbocycles. The molecule has 31 heavy (non-hydrogen) atoms. The number of aryl methyl sites for hydroxylation is 1. The Hall–Kier alpha value is -3.60. The Balaban J connectivity index is 1.32. The Morgan fingerprint density at radius 2 is 1.65 bits per heavy atom. The van der Waals surface area contributed by atoms with Crippen LogP contribution >= 0.6 is 0 Å². The van der Waals surface area contributed by atoms with Crippen molar-refractivity contribution in [2.45, 2.75) is 31.7 Å². The van der Waals surface area contributed by atoms with Gasteiger partial charge in [0.15, 0.2) is 0 Å². The van der Waals surface area contributed by atoms with E-state index >= 15 is 0 Å². The van der Waals surface area contributed by atoms with Crippen molar-refractivity contribution in [3.63, 3.8) is 0 Å². The Kier molecular flexibility index (Phi) is 6.32. The lowest BCUT2D eigenvalue weighted by atomic mass is 9.88. The van der Waals surface area contributed by atoms with E-state index in [1.807, 2.05) is 66.7 Å². The number of anilines is 2. The average Bonchev–Trinajstić information content (AvgIpc) is 2.80. The topological polar surface area (TPSA) is 61.4 Å². The predicted octanol–water partition coefficient (Wildman–Crippen LogP) is 5.09. The smallest absolute Gasteiger partial charge is 0.319 e. The largest absolute Gasteiger partial charge is 0.331 e. The van der Waals surface area contributed by atoms with Gasteiger partial charge in [0.25, 0.3) is 0 Å². The van der Waals surface area contributed by atoms with E-state index in [4.69, 9.17) is 0 Å². The molecule has 1 atom stereocenters. The summed E-state index contributed by atoms with van der Waals surface area (Å²) in [5.74, 6) is 0.0145. The number of nitrogens with one attached hydrogen (secondary N) is 2. The first kappa shape index (κ1) is 20.7. The summed E-state index contributed by atoms with van der Waals surface area (Å²) in [5, 5.41) is 6.00. The fourth-order valence-corrected chi connectivity index (χ4v) is 4.02. The highest BCUT2D eigenvalue weighted by atomic mass is 16.2. The second kappa shape index (κ2) is 9.47. The molecule has 0 spiro atoms. The number of likely N-dealkylation sites (N-methyl/N-ethyl adjacent to an activating group) is 1. The molecule has 1 aliphatic carbocycles. The molecule has 3 aromatic carbocycles. The molecule has 4 rings (SSSR count). The van der Waals surface area contributed by atoms with Gasteiger partial charge >= 0.3 is 6.03 Å². The molecule has 0 aromatic heterocycles. The number of urea groups is 1. The zero-order valence-corrected chi connectivity index (χ0v) is 17.7. The molecule has 5 heteroatoms. The van der Waals surface area contributed by atoms with Crippen molar-refractivity contribution in [3.05, 3.63) is 95.6 Å². The minimum Gasteiger partial charge on any atom is -0.331 e. The molecule has 0 heterocycles. The number of fused-ring (bicyclic) bond motifs is 1. The summed E-state index contributed by atoms with van der Waals surface area (Å²) >= 11 is 0. The monoisotopic (exact) mass is 413 g/mol. The normalized spacial score (nSPS) is 14.9. The number of carbonyl (C=O) groups is 2. The van der Waals surface area contributed by atoms with Gasteiger partial charge in [-0.25, -0.2) is 4.79 Å². The van der Waals surface area contributed by atoms with Crippen LogP contribution in [0.1, 0.15) is 35.6 Å². The lowest BCUT2D eigenvalue weighted by molar-refractivity contribution is -0.117. The molecule has 0 aliphatic heterocycles. The standard InChI is InChI=1S/C26H27N3O2/c1-29(22-10-3-2-4-11-22)25(30)18-19-14-16-21(17-15-19)27-26(31)28-24-13-7-9-20-8-5-6-12-23(20)24/h2-6,8,10-12,14-17,24H,7,9,13,18H2,1H3,(H2,27,28,31). The lowest BCUT2D eigenvalue weighted by Gasteiger charge is -2.26. The van der Waals surface area contributed by atoms with Crippen LogP contribution in [-0.2, 0) is 17.6 Å². The van der Waals surface area contributed by atoms with Crippen molar-refractivity contribution in [1.82, 2.24) is 5.32 Å². The van der Waals surface area contributed by atoms with Gasteiger partial charge in [0.2, 0.25) is 5.91 Å². The number of rotatable bonds is 5. The molecule has 3 aromatic rings. The van der Waals surface area contributed by atoms with Crippen molar-refractivity contribution in [2.75, 3.05) is 17.3 Å². The Morgan fingerprint density at radius 3 is 2.42 bits per heavy atom. The van der Waals surface area contributed by atoms with Crippen LogP contribution in [0.15, 0.2) is 78.9 Å². The van der Waals surface area contributed by atoms with Crippen LogP contribution in [0.4, 0.5) is 16.2 Å². The molecule has 1 aliphatic rings. The minimum atomic E-state index is -0.214. The second-order valence-corrected chi connectivity index (χ2v) is 7.90. The van der Waals surface area contributed by atoms with Crippen molar-refractivity contribution in [3.8, 4) is 0 Å². The van der Waals surface area contributed by atoms with Gasteiger partial charge in [-0.05, 0) is 60.2 Å². The SMILES string of the molecule is CN(C(=O)Cc1ccc(NC(=O)NC2CCCc3ccccc32)cc1)c1ccccc1. The average molecular weight is 414 g/mol. The van der Waals surface area contributed by atoms with Crippen LogP contribution in [0.5, 0.6) is 0 Å². The molecule has 3 amide bonds. The maximum absolute atomic E-state index is 12.5. The number of carbonyl (C=O) groups excluding carboxylic acids is 2. The maximum atomic E-state index is 12.5. The fourth-order valence-electron chi connectivity index (χ4n) is 4.02. The van der Waals surface area contributed by atoms with Crippen molar-refractivity contribution >= 4 is 23.3 Å². The van der Waals surface area contributed by atoms with Gasteiger partial charge < -0.3 is 15.5 Å². The third-order valence-corrected chi connectivity index (χ3v) is 5.76. The number of nitrogens with zero attached hydrogens (tertiary/aromatic N) is 1. The molecular weight excluding hydrogens is 386 g/mol. The van der Waals surface area contributed by atoms with E-state index in [0.29, 0.717) is 12.1 Å². The van der Waals surface area contributed by atoms with Gasteiger partial charge in [0, 0.05) is 18.4 Å². The lowest BCUT2D eigenvalue weighted by Crippen LogP contribution is -2.34. The number of hydrogen-bond acceptors (Lipinski definition) is 2. The summed E-state index contributed by atoms with van der Waals surface area (Å²) in [4.78, 5) is 26.7. The van der Waals surface area contributed by atoms with E-state index in [-0.39, 0.29) is 18.0 Å². The Morgan fingerprint density at radius 1 is 0.935 bits per heavy atom. The quantitative estimate of drug-likeness (QED) is 0.612. The molecule has 0 bridgehead atoms. The number of hydrogen-bond donors (Lipinski definition) is 2. The van der Waals surface area contributed by atoms with Crippen molar-refractivity contribution in [2.24, 2.45) is 0 Å². The molecular formula is C26H27N3O2. The van der Waals surface area contributed by atoms with Gasteiger partial charge in [0.1, 0.15) is 0 Å². The highest BCUT2D eigenvalue weighted by molar-refractivity contribution is 5.94. The van der Waals surface area contributed by atoms with E-state index in [9.17, 15) is 9.59 Å². The molecule has 2 N–H and O–H groups in total. The van der Waals surface area contributed by atoms with Crippen LogP contribution < -0.4 is 15.5 Å². The van der Waals surface area contributed by atoms with E-state index < -0.39 is 0 Å². The summed E-state index contributed by atoms with van der Waals surface area (Å²) in [7, 11) is 1.78. The minimum absolute atomic E-state index is 0.0145. The highest BCUT2D eigenvalue weighted by Gasteiger charge is 2.21. The predicted molar refractivity (Wildman–Crippen MR) is 124 cm³/mol. The number of para-hydroxylation sites is 1. The Labute approximate surface area is 183 Å². The second-order valence-electron chi connectivity index (χ2n) is 7.90. The van der Waals surface area contributed by atoms with Gasteiger partial charge in [-0.3, -0.25) is 4.79 Å². The summed E-state index contributed by atoms with van der Waals surface area (Å²) in [6.07, 6.45) is 3.38. The fraction of sp³-hybridized carbons (Fsp3) is 0.231. The number of benzene rings is 3. The summed E-state index contributed by atoms with van der Waals surface area (Å²) in [6.45, 7) is 0. The van der Waals surface area contributed by atoms with Crippen LogP contribution in [0, 0.1) is 0 Å². The van der Waals surface area contributed by atoms with Gasteiger partial charge in [-0.1, -0.05) is 54.6 Å². The van der Waals surface area contributed by atoms with Crippen molar-refractivity contribution in [1.29, 1.82) is 0 Å². The first-order valence-corrected chi connectivity index (χ1v) is 10.7. The first-order chi connectivity index (χ1) is 15.1. The summed E-state index contributed by atoms with van der Waals surface area (Å²) in [6, 6.07) is 25.1. The third kappa shape index (κ3) is 5.12. The van der Waals surface area contributed by atoms with Gasteiger partial charge in [0.05, 0.1) is 12.5 Å². The Bertz CT molecular complexity index is 1050. The third-order valence-electron chi connectivity index (χ3n) is 5.76. The highest BCUT2D eigenvalue weighted by Crippen LogP contribution is 2.29. The zero-order valence-electron chi connectivity index (χ0n) is 17.7. The van der Waals surface area contributed by atoms with E-state index in [2.05, 4.69) is 22.8 Å². The molecule has 0 saturated heterocycles. The van der Waals surface area contributed by atoms with E-state index in [1.165, 1.54) is 11.1 Å². The molecule has 1 unspecified atom stereocenters. The van der Waals surface area contributed by atoms with Gasteiger partial charge in [-0.2, -0.15) is 0 Å². The summed E-state index contributed by atoms with van der Waals surface area (Å²) < 4.78 is 0. The van der Waals surface area contributed by atoms with E-state index in [0.717, 1.165) is 30.5 Å². The van der Waals surface area contributed by atoms with Crippen LogP contribution in [0.25, 0.3) is 0 Å². The summed E-state index contributed by atoms with van der Waals surface area (Å²) in [5.41, 5.74) is 5.00. The molecule has 158 valence electrons. The maximum Gasteiger partial charge on any atom is 0.319 e. The first-order valence-electron chi connectivity index (χ1n) is 10.7. The molecule has 5 nitrogen and oxygen atoms in total. The van der Waals surface area contributed by atoms with Crippen LogP contribution in [0.3, 0.4) is 0 Å². The molecule has 0 fully saturated rings. The van der Waals surface area contributed by atoms with Crippen LogP contribution in [0.2, 0.25) is 0 Å². The van der Waals surface area contributed by atoms with Crippen molar-refractivity contribution < 1.29 is 9.59 Å². The van der Waals surface area contributed by atoms with Crippen LogP contribution in [-0.4, -0.2) is 19.0 Å². The molecule has 0 radical (unpaired) electrons. The van der Waals surface area contributed by atoms with E-state index in [1.54, 1.807) is 11.9 Å². The zero-order chi connectivity index (χ0) is 21.6. The number of amides is 3.